The predicted octanol–water partition coefficient (Wildman–Crippen LogP) is 2.08. The number of ether oxygens (including phenoxy) is 1. The third-order valence-corrected chi connectivity index (χ3v) is 3.76. The molecule has 0 fully saturated rings. The molecule has 7 nitrogen and oxygen atoms in total. The molecule has 1 unspecified atom stereocenters. The summed E-state index contributed by atoms with van der Waals surface area (Å²) < 4.78 is 5.29. The summed E-state index contributed by atoms with van der Waals surface area (Å²) in [5.41, 5.74) is 1.44. The minimum absolute atomic E-state index is 0.172. The highest BCUT2D eigenvalue weighted by molar-refractivity contribution is 5.94. The first-order valence-corrected chi connectivity index (χ1v) is 8.50. The Balaban J connectivity index is 1.72. The van der Waals surface area contributed by atoms with Crippen LogP contribution in [0.2, 0.25) is 0 Å². The fourth-order valence-corrected chi connectivity index (χ4v) is 2.27. The van der Waals surface area contributed by atoms with Crippen LogP contribution >= 0.6 is 0 Å². The molecular formula is C20H22N2O5. The second-order valence-corrected chi connectivity index (χ2v) is 6.07. The van der Waals surface area contributed by atoms with Crippen molar-refractivity contribution in [2.24, 2.45) is 5.92 Å². The Hall–Kier alpha value is -3.35. The van der Waals surface area contributed by atoms with E-state index in [1.54, 1.807) is 55.5 Å². The van der Waals surface area contributed by atoms with Crippen LogP contribution in [-0.4, -0.2) is 36.0 Å². The van der Waals surface area contributed by atoms with Gasteiger partial charge in [0.15, 0.2) is 6.61 Å². The molecule has 0 aliphatic heterocycles. The van der Waals surface area contributed by atoms with E-state index in [0.717, 1.165) is 5.56 Å². The molecule has 3 N–H and O–H groups in total. The summed E-state index contributed by atoms with van der Waals surface area (Å²) in [6, 6.07) is 15.8. The van der Waals surface area contributed by atoms with E-state index in [0.29, 0.717) is 17.9 Å². The first-order chi connectivity index (χ1) is 12.9. The van der Waals surface area contributed by atoms with E-state index in [-0.39, 0.29) is 19.1 Å². The molecule has 0 heterocycles. The monoisotopic (exact) mass is 370 g/mol. The van der Waals surface area contributed by atoms with Crippen LogP contribution in [0, 0.1) is 5.92 Å². The van der Waals surface area contributed by atoms with E-state index < -0.39 is 17.8 Å². The summed E-state index contributed by atoms with van der Waals surface area (Å²) in [7, 11) is 0. The summed E-state index contributed by atoms with van der Waals surface area (Å²) >= 11 is 0. The van der Waals surface area contributed by atoms with E-state index in [9.17, 15) is 14.4 Å². The van der Waals surface area contributed by atoms with E-state index in [4.69, 9.17) is 9.84 Å². The standard InChI is InChI=1S/C20H22N2O5/c1-14(20(25)26)11-15-7-9-16(10-8-15)22-18(23)12-21-19(24)13-27-17-5-3-2-4-6-17/h2-10,14H,11-13H2,1H3,(H,21,24)(H,22,23)(H,25,26). The van der Waals surface area contributed by atoms with Crippen molar-refractivity contribution < 1.29 is 24.2 Å². The molecule has 142 valence electrons. The number of benzene rings is 2. The lowest BCUT2D eigenvalue weighted by molar-refractivity contribution is -0.141. The Morgan fingerprint density at radius 2 is 1.67 bits per heavy atom. The van der Waals surface area contributed by atoms with Crippen LogP contribution in [-0.2, 0) is 20.8 Å². The SMILES string of the molecule is CC(Cc1ccc(NC(=O)CNC(=O)COc2ccccc2)cc1)C(=O)O. The third-order valence-electron chi connectivity index (χ3n) is 3.76. The van der Waals surface area contributed by atoms with Crippen LogP contribution in [0.15, 0.2) is 54.6 Å². The normalized spacial score (nSPS) is 11.3. The minimum atomic E-state index is -0.848. The van der Waals surface area contributed by atoms with Gasteiger partial charge >= 0.3 is 5.97 Å². The summed E-state index contributed by atoms with van der Waals surface area (Å²) in [4.78, 5) is 34.5. The lowest BCUT2D eigenvalue weighted by atomic mass is 10.0. The molecule has 0 saturated carbocycles. The lowest BCUT2D eigenvalue weighted by Gasteiger charge is -2.10. The number of carboxylic acids is 1. The predicted molar refractivity (Wildman–Crippen MR) is 101 cm³/mol. The zero-order chi connectivity index (χ0) is 19.6. The number of carbonyl (C=O) groups is 3. The van der Waals surface area contributed by atoms with Crippen LogP contribution in [0.5, 0.6) is 5.75 Å². The maximum absolute atomic E-state index is 11.9. The van der Waals surface area contributed by atoms with E-state index >= 15 is 0 Å². The highest BCUT2D eigenvalue weighted by Gasteiger charge is 2.12. The molecule has 1 atom stereocenters. The summed E-state index contributed by atoms with van der Waals surface area (Å²) in [5, 5.41) is 14.1. The van der Waals surface area contributed by atoms with Crippen LogP contribution in [0.3, 0.4) is 0 Å². The Morgan fingerprint density at radius 1 is 1.00 bits per heavy atom. The maximum Gasteiger partial charge on any atom is 0.306 e. The molecule has 0 radical (unpaired) electrons. The van der Waals surface area contributed by atoms with E-state index in [1.807, 2.05) is 6.07 Å². The minimum Gasteiger partial charge on any atom is -0.484 e. The fraction of sp³-hybridized carbons (Fsp3) is 0.250. The number of rotatable bonds is 9. The number of amides is 2. The molecule has 0 saturated heterocycles. The smallest absolute Gasteiger partial charge is 0.306 e. The number of para-hydroxylation sites is 1. The Morgan fingerprint density at radius 3 is 2.30 bits per heavy atom. The molecule has 27 heavy (non-hydrogen) atoms. The Kier molecular flexibility index (Phi) is 7.37. The van der Waals surface area contributed by atoms with Gasteiger partial charge in [0.2, 0.25) is 5.91 Å². The van der Waals surface area contributed by atoms with E-state index in [1.165, 1.54) is 0 Å². The van der Waals surface area contributed by atoms with Crippen molar-refractivity contribution in [3.05, 3.63) is 60.2 Å². The molecule has 0 spiro atoms. The topological polar surface area (TPSA) is 105 Å². The van der Waals surface area contributed by atoms with Gasteiger partial charge in [-0.05, 0) is 36.2 Å². The van der Waals surface area contributed by atoms with Crippen molar-refractivity contribution in [2.75, 3.05) is 18.5 Å². The maximum atomic E-state index is 11.9. The van der Waals surface area contributed by atoms with Crippen LogP contribution in [0.1, 0.15) is 12.5 Å². The first kappa shape index (κ1) is 20.0. The number of anilines is 1. The van der Waals surface area contributed by atoms with E-state index in [2.05, 4.69) is 10.6 Å². The summed E-state index contributed by atoms with van der Waals surface area (Å²) in [6.45, 7) is 1.30. The van der Waals surface area contributed by atoms with Crippen molar-refractivity contribution >= 4 is 23.5 Å². The van der Waals surface area contributed by atoms with Gasteiger partial charge in [0.25, 0.3) is 5.91 Å². The zero-order valence-electron chi connectivity index (χ0n) is 15.0. The molecule has 2 amide bonds. The highest BCUT2D eigenvalue weighted by atomic mass is 16.5. The van der Waals surface area contributed by atoms with Gasteiger partial charge in [-0.25, -0.2) is 0 Å². The van der Waals surface area contributed by atoms with Crippen LogP contribution in [0.4, 0.5) is 5.69 Å². The Labute approximate surface area is 157 Å². The molecule has 0 bridgehead atoms. The summed E-state index contributed by atoms with van der Waals surface area (Å²) in [6.07, 6.45) is 0.418. The summed E-state index contributed by atoms with van der Waals surface area (Å²) in [5.74, 6) is -1.51. The van der Waals surface area contributed by atoms with Crippen molar-refractivity contribution in [1.29, 1.82) is 0 Å². The van der Waals surface area contributed by atoms with Gasteiger partial charge < -0.3 is 20.5 Å². The quantitative estimate of drug-likeness (QED) is 0.627. The number of carboxylic acid groups (broad SMARTS) is 1. The Bertz CT molecular complexity index is 775. The van der Waals surface area contributed by atoms with Gasteiger partial charge in [-0.2, -0.15) is 0 Å². The largest absolute Gasteiger partial charge is 0.484 e. The molecule has 7 heteroatoms. The first-order valence-electron chi connectivity index (χ1n) is 8.50. The number of aliphatic carboxylic acids is 1. The van der Waals surface area contributed by atoms with Crippen molar-refractivity contribution in [3.63, 3.8) is 0 Å². The van der Waals surface area contributed by atoms with Gasteiger partial charge in [-0.15, -0.1) is 0 Å². The molecule has 2 rings (SSSR count). The molecule has 0 aliphatic rings. The lowest BCUT2D eigenvalue weighted by Crippen LogP contribution is -2.35. The van der Waals surface area contributed by atoms with Crippen LogP contribution < -0.4 is 15.4 Å². The molecule has 0 aliphatic carbocycles. The number of carbonyl (C=O) groups excluding carboxylic acids is 2. The molecular weight excluding hydrogens is 348 g/mol. The molecule has 2 aromatic carbocycles. The number of nitrogens with one attached hydrogen (secondary N) is 2. The van der Waals surface area contributed by atoms with Gasteiger partial charge in [0, 0.05) is 5.69 Å². The number of hydrogen-bond donors (Lipinski definition) is 3. The number of hydrogen-bond acceptors (Lipinski definition) is 4. The van der Waals surface area contributed by atoms with Crippen molar-refractivity contribution in [3.8, 4) is 5.75 Å². The van der Waals surface area contributed by atoms with Crippen molar-refractivity contribution in [2.45, 2.75) is 13.3 Å². The third kappa shape index (κ3) is 7.19. The van der Waals surface area contributed by atoms with Gasteiger partial charge in [-0.1, -0.05) is 37.3 Å². The van der Waals surface area contributed by atoms with Gasteiger partial charge in [-0.3, -0.25) is 14.4 Å². The van der Waals surface area contributed by atoms with Gasteiger partial charge in [0.1, 0.15) is 5.75 Å². The average molecular weight is 370 g/mol. The van der Waals surface area contributed by atoms with Gasteiger partial charge in [0.05, 0.1) is 12.5 Å². The highest BCUT2D eigenvalue weighted by Crippen LogP contribution is 2.13. The van der Waals surface area contributed by atoms with Crippen LogP contribution in [0.25, 0.3) is 0 Å². The fourth-order valence-electron chi connectivity index (χ4n) is 2.27. The second-order valence-electron chi connectivity index (χ2n) is 6.07. The second kappa shape index (κ2) is 9.96. The average Bonchev–Trinajstić information content (AvgIpc) is 2.67. The molecule has 2 aromatic rings. The zero-order valence-corrected chi connectivity index (χ0v) is 15.0. The van der Waals surface area contributed by atoms with Crippen molar-refractivity contribution in [1.82, 2.24) is 5.32 Å². The molecule has 0 aromatic heterocycles.